The number of halogens is 1. The first-order valence-electron chi connectivity index (χ1n) is 8.66. The molecule has 4 rings (SSSR count). The van der Waals surface area contributed by atoms with Gasteiger partial charge < -0.3 is 9.64 Å². The maximum absolute atomic E-state index is 13.0. The number of methoxy groups -OCH3 is 1. The molecule has 1 saturated heterocycles. The molecule has 1 amide bonds. The van der Waals surface area contributed by atoms with Crippen molar-refractivity contribution < 1.29 is 9.53 Å². The average molecular weight is 387 g/mol. The van der Waals surface area contributed by atoms with Crippen molar-refractivity contribution in [3.63, 3.8) is 0 Å². The lowest BCUT2D eigenvalue weighted by Gasteiger charge is -2.18. The van der Waals surface area contributed by atoms with Gasteiger partial charge in [0.2, 0.25) is 0 Å². The molecule has 0 spiro atoms. The normalized spacial score (nSPS) is 16.9. The first-order valence-corrected chi connectivity index (χ1v) is 9.04. The lowest BCUT2D eigenvalue weighted by molar-refractivity contribution is 0.0784. The highest BCUT2D eigenvalue weighted by molar-refractivity contribution is 6.30. The molecule has 3 aromatic rings. The third-order valence-corrected chi connectivity index (χ3v) is 5.29. The smallest absolute Gasteiger partial charge is 0.330 e. The van der Waals surface area contributed by atoms with Crippen molar-refractivity contribution in [2.75, 3.05) is 20.2 Å². The minimum atomic E-state index is -0.132. The fourth-order valence-electron chi connectivity index (χ4n) is 3.67. The summed E-state index contributed by atoms with van der Waals surface area (Å²) in [5, 5.41) is 0.510. The van der Waals surface area contributed by atoms with Crippen molar-refractivity contribution in [3.8, 4) is 5.75 Å². The molecule has 0 aliphatic carbocycles. The first kappa shape index (κ1) is 17.6. The number of hydrogen-bond donors (Lipinski definition) is 0. The SMILES string of the molecule is COc1cc(Cl)ccc1C(=O)N1CC[C@@H](n2c(=O)n(C)c3cccnc32)C1. The summed E-state index contributed by atoms with van der Waals surface area (Å²) in [4.78, 5) is 31.8. The van der Waals surface area contributed by atoms with Crippen LogP contribution in [0.15, 0.2) is 41.3 Å². The highest BCUT2D eigenvalue weighted by atomic mass is 35.5. The monoisotopic (exact) mass is 386 g/mol. The van der Waals surface area contributed by atoms with Gasteiger partial charge in [0, 0.05) is 31.4 Å². The number of ether oxygens (including phenoxy) is 1. The molecule has 0 unspecified atom stereocenters. The summed E-state index contributed by atoms with van der Waals surface area (Å²) in [7, 11) is 3.25. The van der Waals surface area contributed by atoms with E-state index in [0.29, 0.717) is 41.5 Å². The molecule has 0 N–H and O–H groups in total. The molecule has 8 heteroatoms. The Balaban J connectivity index is 1.64. The molecular formula is C19H19ClN4O3. The number of aryl methyl sites for hydroxylation is 1. The van der Waals surface area contributed by atoms with E-state index in [0.717, 1.165) is 5.52 Å². The van der Waals surface area contributed by atoms with Crippen molar-refractivity contribution >= 4 is 28.7 Å². The number of pyridine rings is 1. The number of carbonyl (C=O) groups excluding carboxylic acids is 1. The predicted molar refractivity (Wildman–Crippen MR) is 103 cm³/mol. The van der Waals surface area contributed by atoms with Gasteiger partial charge in [-0.15, -0.1) is 0 Å². The van der Waals surface area contributed by atoms with Crippen LogP contribution in [0.2, 0.25) is 5.02 Å². The number of hydrogen-bond acceptors (Lipinski definition) is 4. The van der Waals surface area contributed by atoms with Crippen LogP contribution in [0.5, 0.6) is 5.75 Å². The highest BCUT2D eigenvalue weighted by Gasteiger charge is 2.32. The molecule has 27 heavy (non-hydrogen) atoms. The molecule has 1 atom stereocenters. The van der Waals surface area contributed by atoms with Crippen molar-refractivity contribution in [2.24, 2.45) is 7.05 Å². The summed E-state index contributed by atoms with van der Waals surface area (Å²) in [5.74, 6) is 0.312. The topological polar surface area (TPSA) is 69.4 Å². The van der Waals surface area contributed by atoms with Crippen LogP contribution in [-0.4, -0.2) is 45.1 Å². The lowest BCUT2D eigenvalue weighted by Crippen LogP contribution is -2.32. The third kappa shape index (κ3) is 2.88. The van der Waals surface area contributed by atoms with Crippen LogP contribution in [0.3, 0.4) is 0 Å². The quantitative estimate of drug-likeness (QED) is 0.693. The maximum atomic E-state index is 13.0. The van der Waals surface area contributed by atoms with E-state index in [1.54, 1.807) is 45.5 Å². The molecular weight excluding hydrogens is 368 g/mol. The van der Waals surface area contributed by atoms with Gasteiger partial charge in [-0.25, -0.2) is 9.78 Å². The van der Waals surface area contributed by atoms with E-state index in [2.05, 4.69) is 4.98 Å². The van der Waals surface area contributed by atoms with Gasteiger partial charge >= 0.3 is 5.69 Å². The largest absolute Gasteiger partial charge is 0.496 e. The summed E-state index contributed by atoms with van der Waals surface area (Å²) >= 11 is 5.99. The van der Waals surface area contributed by atoms with E-state index >= 15 is 0 Å². The zero-order valence-electron chi connectivity index (χ0n) is 15.1. The Morgan fingerprint density at radius 2 is 2.15 bits per heavy atom. The molecule has 140 valence electrons. The van der Waals surface area contributed by atoms with E-state index in [-0.39, 0.29) is 17.6 Å². The van der Waals surface area contributed by atoms with E-state index < -0.39 is 0 Å². The number of benzene rings is 1. The molecule has 1 aliphatic rings. The van der Waals surface area contributed by atoms with Crippen molar-refractivity contribution in [1.29, 1.82) is 0 Å². The third-order valence-electron chi connectivity index (χ3n) is 5.06. The van der Waals surface area contributed by atoms with Crippen LogP contribution in [0.25, 0.3) is 11.2 Å². The zero-order chi connectivity index (χ0) is 19.1. The molecule has 0 radical (unpaired) electrons. The van der Waals surface area contributed by atoms with Crippen molar-refractivity contribution in [2.45, 2.75) is 12.5 Å². The first-order chi connectivity index (χ1) is 13.0. The fraction of sp³-hybridized carbons (Fsp3) is 0.316. The van der Waals surface area contributed by atoms with Gasteiger partial charge in [0.1, 0.15) is 5.75 Å². The minimum Gasteiger partial charge on any atom is -0.496 e. The van der Waals surface area contributed by atoms with Gasteiger partial charge in [-0.2, -0.15) is 0 Å². The van der Waals surface area contributed by atoms with E-state index in [9.17, 15) is 9.59 Å². The Morgan fingerprint density at radius 3 is 2.93 bits per heavy atom. The minimum absolute atomic E-state index is 0.113. The van der Waals surface area contributed by atoms with E-state index in [1.165, 1.54) is 7.11 Å². The van der Waals surface area contributed by atoms with Crippen molar-refractivity contribution in [3.05, 3.63) is 57.6 Å². The Bertz CT molecular complexity index is 1090. The van der Waals surface area contributed by atoms with Gasteiger partial charge in [0.25, 0.3) is 5.91 Å². The number of likely N-dealkylation sites (tertiary alicyclic amines) is 1. The van der Waals surface area contributed by atoms with Crippen LogP contribution < -0.4 is 10.4 Å². The second kappa shape index (κ2) is 6.74. The summed E-state index contributed by atoms with van der Waals surface area (Å²) in [5.41, 5.74) is 1.78. The predicted octanol–water partition coefficient (Wildman–Crippen LogP) is 2.48. The lowest BCUT2D eigenvalue weighted by atomic mass is 10.1. The number of rotatable bonds is 3. The van der Waals surface area contributed by atoms with E-state index in [4.69, 9.17) is 16.3 Å². The fourth-order valence-corrected chi connectivity index (χ4v) is 3.83. The van der Waals surface area contributed by atoms with Gasteiger partial charge in [-0.3, -0.25) is 13.9 Å². The van der Waals surface area contributed by atoms with Gasteiger partial charge in [0.15, 0.2) is 5.65 Å². The summed E-state index contributed by atoms with van der Waals surface area (Å²) in [6.07, 6.45) is 2.37. The van der Waals surface area contributed by atoms with Crippen molar-refractivity contribution in [1.82, 2.24) is 19.0 Å². The Kier molecular flexibility index (Phi) is 4.39. The van der Waals surface area contributed by atoms with Crippen LogP contribution in [0.4, 0.5) is 0 Å². The van der Waals surface area contributed by atoms with Crippen LogP contribution >= 0.6 is 11.6 Å². The highest BCUT2D eigenvalue weighted by Crippen LogP contribution is 2.29. The Hall–Kier alpha value is -2.80. The number of amides is 1. The average Bonchev–Trinajstić information content (AvgIpc) is 3.25. The molecule has 3 heterocycles. The van der Waals surface area contributed by atoms with Crippen LogP contribution in [-0.2, 0) is 7.05 Å². The second-order valence-corrected chi connectivity index (χ2v) is 7.03. The Morgan fingerprint density at radius 1 is 1.33 bits per heavy atom. The van der Waals surface area contributed by atoms with Gasteiger partial charge in [-0.05, 0) is 36.8 Å². The maximum Gasteiger partial charge on any atom is 0.330 e. The number of fused-ring (bicyclic) bond motifs is 1. The number of imidazole rings is 1. The summed E-state index contributed by atoms with van der Waals surface area (Å²) < 4.78 is 8.59. The molecule has 2 aromatic heterocycles. The molecule has 0 saturated carbocycles. The van der Waals surface area contributed by atoms with Crippen LogP contribution in [0.1, 0.15) is 22.8 Å². The summed E-state index contributed by atoms with van der Waals surface area (Å²) in [6, 6.07) is 8.53. The molecule has 1 aliphatic heterocycles. The van der Waals surface area contributed by atoms with Crippen LogP contribution in [0, 0.1) is 0 Å². The Labute approximate surface area is 160 Å². The van der Waals surface area contributed by atoms with E-state index in [1.807, 2.05) is 12.1 Å². The zero-order valence-corrected chi connectivity index (χ0v) is 15.8. The number of carbonyl (C=O) groups is 1. The standard InChI is InChI=1S/C19H19ClN4O3/c1-22-15-4-3-8-21-17(15)24(19(22)26)13-7-9-23(11-13)18(25)14-6-5-12(20)10-16(14)27-2/h3-6,8,10,13H,7,9,11H2,1-2H3/t13-/m1/s1. The molecule has 1 fully saturated rings. The molecule has 0 bridgehead atoms. The van der Waals surface area contributed by atoms with Gasteiger partial charge in [-0.1, -0.05) is 11.6 Å². The second-order valence-electron chi connectivity index (χ2n) is 6.60. The number of nitrogens with zero attached hydrogens (tertiary/aromatic N) is 4. The molecule has 1 aromatic carbocycles. The molecule has 7 nitrogen and oxygen atoms in total. The van der Waals surface area contributed by atoms with Gasteiger partial charge in [0.05, 0.1) is 24.2 Å². The summed E-state index contributed by atoms with van der Waals surface area (Å²) in [6.45, 7) is 1.01. The number of aromatic nitrogens is 3.